The highest BCUT2D eigenvalue weighted by atomic mass is 16.5. The molecule has 0 aliphatic carbocycles. The van der Waals surface area contributed by atoms with Gasteiger partial charge < -0.3 is 9.26 Å². The summed E-state index contributed by atoms with van der Waals surface area (Å²) in [5.41, 5.74) is 1.72. The third-order valence-corrected chi connectivity index (χ3v) is 2.61. The predicted octanol–water partition coefficient (Wildman–Crippen LogP) is 1.40. The van der Waals surface area contributed by atoms with Gasteiger partial charge in [-0.3, -0.25) is 4.40 Å². The Hall–Kier alpha value is -2.72. The standard InChI is InChI=1S/C12H9N5O2/c1-18-7-9-4-10(16-19-9)12-15-14-11-3-2-8(5-13)6-17(11)12/h2-4,6H,7H2,1H3. The molecule has 3 heterocycles. The summed E-state index contributed by atoms with van der Waals surface area (Å²) in [5.74, 6) is 1.13. The van der Waals surface area contributed by atoms with E-state index < -0.39 is 0 Å². The molecule has 0 unspecified atom stereocenters. The van der Waals surface area contributed by atoms with Gasteiger partial charge in [0.2, 0.25) is 0 Å². The topological polar surface area (TPSA) is 89.2 Å². The zero-order valence-corrected chi connectivity index (χ0v) is 10.1. The summed E-state index contributed by atoms with van der Waals surface area (Å²) in [6.45, 7) is 0.340. The third kappa shape index (κ3) is 1.94. The van der Waals surface area contributed by atoms with Crippen LogP contribution in [0.4, 0.5) is 0 Å². The molecule has 0 saturated carbocycles. The van der Waals surface area contributed by atoms with Gasteiger partial charge in [0, 0.05) is 19.4 Å². The summed E-state index contributed by atoms with van der Waals surface area (Å²) in [7, 11) is 1.58. The van der Waals surface area contributed by atoms with Crippen LogP contribution in [0.1, 0.15) is 11.3 Å². The van der Waals surface area contributed by atoms with Crippen molar-refractivity contribution in [2.75, 3.05) is 7.11 Å². The van der Waals surface area contributed by atoms with Gasteiger partial charge in [0.05, 0.1) is 5.56 Å². The number of hydrogen-bond donors (Lipinski definition) is 0. The Morgan fingerprint density at radius 2 is 2.32 bits per heavy atom. The lowest BCUT2D eigenvalue weighted by Gasteiger charge is -1.95. The Morgan fingerprint density at radius 3 is 3.11 bits per heavy atom. The van der Waals surface area contributed by atoms with Gasteiger partial charge in [-0.25, -0.2) is 0 Å². The van der Waals surface area contributed by atoms with Crippen molar-refractivity contribution in [3.63, 3.8) is 0 Å². The lowest BCUT2D eigenvalue weighted by molar-refractivity contribution is 0.156. The molecule has 7 heteroatoms. The van der Waals surface area contributed by atoms with E-state index in [1.54, 1.807) is 35.9 Å². The van der Waals surface area contributed by atoms with Gasteiger partial charge in [0.25, 0.3) is 0 Å². The number of pyridine rings is 1. The van der Waals surface area contributed by atoms with E-state index in [9.17, 15) is 0 Å². The highest BCUT2D eigenvalue weighted by molar-refractivity contribution is 5.56. The number of nitrogens with zero attached hydrogens (tertiary/aromatic N) is 5. The number of fused-ring (bicyclic) bond motifs is 1. The highest BCUT2D eigenvalue weighted by Gasteiger charge is 2.13. The van der Waals surface area contributed by atoms with Crippen molar-refractivity contribution >= 4 is 5.65 Å². The predicted molar refractivity (Wildman–Crippen MR) is 63.9 cm³/mol. The third-order valence-electron chi connectivity index (χ3n) is 2.61. The van der Waals surface area contributed by atoms with Crippen molar-refractivity contribution < 1.29 is 9.26 Å². The minimum absolute atomic E-state index is 0.340. The molecule has 7 nitrogen and oxygen atoms in total. The maximum atomic E-state index is 8.92. The summed E-state index contributed by atoms with van der Waals surface area (Å²) in [4.78, 5) is 0. The Balaban J connectivity index is 2.11. The summed E-state index contributed by atoms with van der Waals surface area (Å²) < 4.78 is 11.8. The van der Waals surface area contributed by atoms with Gasteiger partial charge in [-0.2, -0.15) is 5.26 Å². The SMILES string of the molecule is COCc1cc(-c2nnc3ccc(C#N)cn23)no1. The molecule has 0 fully saturated rings. The van der Waals surface area contributed by atoms with E-state index >= 15 is 0 Å². The lowest BCUT2D eigenvalue weighted by atomic mass is 10.3. The first-order valence-corrected chi connectivity index (χ1v) is 5.51. The van der Waals surface area contributed by atoms with Crippen LogP contribution >= 0.6 is 0 Å². The first-order valence-electron chi connectivity index (χ1n) is 5.51. The van der Waals surface area contributed by atoms with Crippen LogP contribution in [0.3, 0.4) is 0 Å². The zero-order valence-electron chi connectivity index (χ0n) is 10.1. The molecule has 0 aliphatic heterocycles. The molecular formula is C12H9N5O2. The summed E-state index contributed by atoms with van der Waals surface area (Å²) in [6, 6.07) is 7.22. The average Bonchev–Trinajstić information content (AvgIpc) is 3.04. The van der Waals surface area contributed by atoms with E-state index in [0.717, 1.165) is 0 Å². The van der Waals surface area contributed by atoms with Gasteiger partial charge >= 0.3 is 0 Å². The number of hydrogen-bond acceptors (Lipinski definition) is 6. The lowest BCUT2D eigenvalue weighted by Crippen LogP contribution is -1.90. The molecule has 94 valence electrons. The van der Waals surface area contributed by atoms with Crippen molar-refractivity contribution in [3.8, 4) is 17.6 Å². The Labute approximate surface area is 108 Å². The zero-order chi connectivity index (χ0) is 13.2. The van der Waals surface area contributed by atoms with E-state index in [1.165, 1.54) is 0 Å². The fourth-order valence-electron chi connectivity index (χ4n) is 1.76. The van der Waals surface area contributed by atoms with Gasteiger partial charge in [0.1, 0.15) is 12.7 Å². The van der Waals surface area contributed by atoms with Crippen LogP contribution in [0.15, 0.2) is 28.9 Å². The maximum absolute atomic E-state index is 8.92. The molecule has 0 aromatic carbocycles. The maximum Gasteiger partial charge on any atom is 0.190 e. The monoisotopic (exact) mass is 255 g/mol. The highest BCUT2D eigenvalue weighted by Crippen LogP contribution is 2.19. The molecule has 3 aromatic rings. The molecular weight excluding hydrogens is 246 g/mol. The number of aromatic nitrogens is 4. The second kappa shape index (κ2) is 4.51. The van der Waals surface area contributed by atoms with Gasteiger partial charge in [-0.1, -0.05) is 5.16 Å². The molecule has 0 spiro atoms. The van der Waals surface area contributed by atoms with E-state index in [4.69, 9.17) is 14.5 Å². The molecule has 0 atom stereocenters. The second-order valence-electron chi connectivity index (χ2n) is 3.89. The smallest absolute Gasteiger partial charge is 0.190 e. The number of methoxy groups -OCH3 is 1. The van der Waals surface area contributed by atoms with Crippen LogP contribution in [0, 0.1) is 11.3 Å². The van der Waals surface area contributed by atoms with Crippen molar-refractivity contribution in [3.05, 3.63) is 35.7 Å². The van der Waals surface area contributed by atoms with Crippen molar-refractivity contribution in [1.29, 1.82) is 5.26 Å². The van der Waals surface area contributed by atoms with Gasteiger partial charge in [-0.15, -0.1) is 10.2 Å². The number of nitriles is 1. The van der Waals surface area contributed by atoms with E-state index in [1.807, 2.05) is 0 Å². The molecule has 3 aromatic heterocycles. The van der Waals surface area contributed by atoms with Crippen LogP contribution in [0.25, 0.3) is 17.2 Å². The van der Waals surface area contributed by atoms with Crippen LogP contribution in [-0.2, 0) is 11.3 Å². The van der Waals surface area contributed by atoms with E-state index in [-0.39, 0.29) is 0 Å². The fourth-order valence-corrected chi connectivity index (χ4v) is 1.76. The Kier molecular flexibility index (Phi) is 2.70. The second-order valence-corrected chi connectivity index (χ2v) is 3.89. The molecule has 3 rings (SSSR count). The quantitative estimate of drug-likeness (QED) is 0.702. The average molecular weight is 255 g/mol. The number of rotatable bonds is 3. The van der Waals surface area contributed by atoms with E-state index in [2.05, 4.69) is 21.4 Å². The summed E-state index contributed by atoms with van der Waals surface area (Å²) in [6.07, 6.45) is 1.66. The van der Waals surface area contributed by atoms with Crippen LogP contribution < -0.4 is 0 Å². The van der Waals surface area contributed by atoms with Crippen molar-refractivity contribution in [2.45, 2.75) is 6.61 Å². The minimum atomic E-state index is 0.340. The van der Waals surface area contributed by atoms with Crippen LogP contribution in [0.5, 0.6) is 0 Å². The summed E-state index contributed by atoms with van der Waals surface area (Å²) >= 11 is 0. The molecule has 0 N–H and O–H groups in total. The molecule has 0 aliphatic rings. The fraction of sp³-hybridized carbons (Fsp3) is 0.167. The first-order chi connectivity index (χ1) is 9.31. The van der Waals surface area contributed by atoms with Gasteiger partial charge in [0.15, 0.2) is 22.9 Å². The van der Waals surface area contributed by atoms with Crippen LogP contribution in [-0.4, -0.2) is 26.9 Å². The normalized spacial score (nSPS) is 10.7. The largest absolute Gasteiger partial charge is 0.377 e. The molecule has 0 saturated heterocycles. The molecule has 19 heavy (non-hydrogen) atoms. The Bertz CT molecular complexity index is 768. The molecule has 0 amide bonds. The first kappa shape index (κ1) is 11.4. The van der Waals surface area contributed by atoms with Crippen molar-refractivity contribution in [1.82, 2.24) is 19.8 Å². The van der Waals surface area contributed by atoms with Crippen molar-refractivity contribution in [2.24, 2.45) is 0 Å². The number of ether oxygens (including phenoxy) is 1. The Morgan fingerprint density at radius 1 is 1.42 bits per heavy atom. The minimum Gasteiger partial charge on any atom is -0.377 e. The van der Waals surface area contributed by atoms with E-state index in [0.29, 0.717) is 35.1 Å². The van der Waals surface area contributed by atoms with Crippen LogP contribution in [0.2, 0.25) is 0 Å². The molecule has 0 bridgehead atoms. The van der Waals surface area contributed by atoms with Gasteiger partial charge in [-0.05, 0) is 12.1 Å². The molecule has 0 radical (unpaired) electrons. The summed E-state index contributed by atoms with van der Waals surface area (Å²) in [5, 5.41) is 20.9.